The molecule has 9 nitrogen and oxygen atoms in total. The Morgan fingerprint density at radius 1 is 0.976 bits per heavy atom. The summed E-state index contributed by atoms with van der Waals surface area (Å²) in [6.45, 7) is 12.2. The normalized spacial score (nSPS) is 11.0. The lowest BCUT2D eigenvalue weighted by molar-refractivity contribution is -0.113. The highest BCUT2D eigenvalue weighted by molar-refractivity contribution is 7.99. The molecule has 12 heteroatoms. The van der Waals surface area contributed by atoms with Crippen molar-refractivity contribution in [3.05, 3.63) is 56.1 Å². The molecular weight excluding hydrogens is 581 g/mol. The summed E-state index contributed by atoms with van der Waals surface area (Å²) in [4.78, 5) is 39.6. The summed E-state index contributed by atoms with van der Waals surface area (Å²) < 4.78 is 12.3. The van der Waals surface area contributed by atoms with Gasteiger partial charge in [-0.2, -0.15) is 0 Å². The number of benzene rings is 1. The minimum atomic E-state index is -0.606. The molecule has 0 aliphatic heterocycles. The second kappa shape index (κ2) is 13.5. The fourth-order valence-corrected chi connectivity index (χ4v) is 7.08. The first-order valence-corrected chi connectivity index (χ1v) is 15.9. The Morgan fingerprint density at radius 3 is 2.32 bits per heavy atom. The number of hydrogen-bond acceptors (Lipinski definition) is 10. The van der Waals surface area contributed by atoms with Crippen LogP contribution in [0.3, 0.4) is 0 Å². The number of hydrogen-bond donors (Lipinski definition) is 1. The van der Waals surface area contributed by atoms with Gasteiger partial charge in [-0.3, -0.25) is 4.79 Å². The van der Waals surface area contributed by atoms with Gasteiger partial charge in [0.05, 0.1) is 24.5 Å². The molecular formula is C29H32N4O5S3. The maximum Gasteiger partial charge on any atom is 0.348 e. The molecule has 0 saturated heterocycles. The van der Waals surface area contributed by atoms with E-state index in [-0.39, 0.29) is 40.3 Å². The van der Waals surface area contributed by atoms with Gasteiger partial charge in [-0.25, -0.2) is 9.59 Å². The Hall–Kier alpha value is -3.48. The van der Waals surface area contributed by atoms with E-state index in [0.29, 0.717) is 17.3 Å². The van der Waals surface area contributed by atoms with Crippen molar-refractivity contribution in [2.75, 3.05) is 24.3 Å². The SMILES string of the molecule is CCOC(=O)c1sc(NC(=O)CSc2nnc(-c3csc(C)c3-c3ccc(C)cc3)n2CC)c(C(=O)OCC)c1C. The van der Waals surface area contributed by atoms with Crippen LogP contribution in [0.5, 0.6) is 0 Å². The molecule has 0 unspecified atom stereocenters. The summed E-state index contributed by atoms with van der Waals surface area (Å²) in [5, 5.41) is 14.6. The fraction of sp³-hybridized carbons (Fsp3) is 0.345. The minimum Gasteiger partial charge on any atom is -0.462 e. The monoisotopic (exact) mass is 612 g/mol. The summed E-state index contributed by atoms with van der Waals surface area (Å²) in [6, 6.07) is 8.42. The number of ether oxygens (including phenoxy) is 2. The highest BCUT2D eigenvalue weighted by Gasteiger charge is 2.28. The molecule has 216 valence electrons. The van der Waals surface area contributed by atoms with Crippen LogP contribution in [-0.4, -0.2) is 51.6 Å². The van der Waals surface area contributed by atoms with E-state index in [2.05, 4.69) is 59.0 Å². The molecule has 0 bridgehead atoms. The van der Waals surface area contributed by atoms with Crippen LogP contribution in [0.2, 0.25) is 0 Å². The number of aromatic nitrogens is 3. The quantitative estimate of drug-likeness (QED) is 0.146. The zero-order valence-corrected chi connectivity index (χ0v) is 26.3. The van der Waals surface area contributed by atoms with Crippen LogP contribution < -0.4 is 5.32 Å². The van der Waals surface area contributed by atoms with Crippen LogP contribution >= 0.6 is 34.4 Å². The zero-order chi connectivity index (χ0) is 29.7. The van der Waals surface area contributed by atoms with Gasteiger partial charge in [0, 0.05) is 27.9 Å². The third-order valence-electron chi connectivity index (χ3n) is 6.26. The molecule has 4 aromatic rings. The number of thioether (sulfide) groups is 1. The molecule has 0 aliphatic rings. The van der Waals surface area contributed by atoms with Crippen molar-refractivity contribution < 1.29 is 23.9 Å². The number of nitrogens with zero attached hydrogens (tertiary/aromatic N) is 3. The van der Waals surface area contributed by atoms with E-state index >= 15 is 0 Å². The van der Waals surface area contributed by atoms with E-state index in [9.17, 15) is 14.4 Å². The first-order chi connectivity index (χ1) is 19.7. The average molecular weight is 613 g/mol. The summed E-state index contributed by atoms with van der Waals surface area (Å²) >= 11 is 3.92. The Balaban J connectivity index is 1.55. The Bertz CT molecular complexity index is 1570. The van der Waals surface area contributed by atoms with Crippen molar-refractivity contribution in [3.8, 4) is 22.5 Å². The molecule has 1 amide bonds. The van der Waals surface area contributed by atoms with Gasteiger partial charge in [0.25, 0.3) is 0 Å². The lowest BCUT2D eigenvalue weighted by Gasteiger charge is -2.10. The molecule has 3 heterocycles. The molecule has 0 radical (unpaired) electrons. The number of carbonyl (C=O) groups is 3. The Kier molecular flexibility index (Phi) is 10.0. The third kappa shape index (κ3) is 6.55. The highest BCUT2D eigenvalue weighted by atomic mass is 32.2. The average Bonchev–Trinajstić information content (AvgIpc) is 3.62. The van der Waals surface area contributed by atoms with Crippen molar-refractivity contribution in [3.63, 3.8) is 0 Å². The van der Waals surface area contributed by atoms with E-state index in [1.807, 2.05) is 11.5 Å². The van der Waals surface area contributed by atoms with Crippen LogP contribution in [0.4, 0.5) is 5.00 Å². The lowest BCUT2D eigenvalue weighted by Crippen LogP contribution is -2.17. The third-order valence-corrected chi connectivity index (χ3v) is 9.33. The van der Waals surface area contributed by atoms with Crippen LogP contribution in [0.1, 0.15) is 56.8 Å². The standard InChI is InChI=1S/C29H32N4O5S3/c1-7-33-25(20-14-39-18(6)23(20)19-12-10-16(4)11-13-19)31-32-29(33)40-15-21(34)30-26-22(27(35)37-8-2)17(5)24(41-26)28(36)38-9-3/h10-14H,7-9,15H2,1-6H3,(H,30,34). The minimum absolute atomic E-state index is 0.0274. The Morgan fingerprint density at radius 2 is 1.66 bits per heavy atom. The van der Waals surface area contributed by atoms with Crippen molar-refractivity contribution in [2.45, 2.75) is 53.2 Å². The van der Waals surface area contributed by atoms with Crippen LogP contribution in [0.15, 0.2) is 34.8 Å². The van der Waals surface area contributed by atoms with E-state index in [0.717, 1.165) is 33.9 Å². The molecule has 0 aliphatic carbocycles. The van der Waals surface area contributed by atoms with Crippen LogP contribution in [-0.2, 0) is 20.8 Å². The molecule has 0 fully saturated rings. The van der Waals surface area contributed by atoms with Gasteiger partial charge in [-0.1, -0.05) is 41.6 Å². The van der Waals surface area contributed by atoms with Crippen molar-refractivity contribution in [1.82, 2.24) is 14.8 Å². The van der Waals surface area contributed by atoms with Crippen LogP contribution in [0.25, 0.3) is 22.5 Å². The molecule has 1 aromatic carbocycles. The molecule has 41 heavy (non-hydrogen) atoms. The van der Waals surface area contributed by atoms with Crippen molar-refractivity contribution in [1.29, 1.82) is 0 Å². The number of thiophene rings is 2. The number of carbonyl (C=O) groups excluding carboxylic acids is 3. The number of nitrogens with one attached hydrogen (secondary N) is 1. The summed E-state index contributed by atoms with van der Waals surface area (Å²) in [7, 11) is 0. The summed E-state index contributed by atoms with van der Waals surface area (Å²) in [5.74, 6) is -0.734. The molecule has 1 N–H and O–H groups in total. The number of amides is 1. The van der Waals surface area contributed by atoms with Gasteiger partial charge in [0.15, 0.2) is 11.0 Å². The maximum absolute atomic E-state index is 13.0. The van der Waals surface area contributed by atoms with Gasteiger partial charge in [-0.15, -0.1) is 32.9 Å². The Labute approximate surface area is 251 Å². The molecule has 0 atom stereocenters. The lowest BCUT2D eigenvalue weighted by atomic mass is 10.0. The molecule has 4 rings (SSSR count). The van der Waals surface area contributed by atoms with Gasteiger partial charge in [-0.05, 0) is 52.7 Å². The number of rotatable bonds is 11. The van der Waals surface area contributed by atoms with E-state index in [1.54, 1.807) is 32.1 Å². The molecule has 0 saturated carbocycles. The second-order valence-electron chi connectivity index (χ2n) is 9.04. The van der Waals surface area contributed by atoms with Crippen molar-refractivity contribution in [2.24, 2.45) is 0 Å². The number of aryl methyl sites for hydroxylation is 2. The first-order valence-electron chi connectivity index (χ1n) is 13.2. The zero-order valence-electron chi connectivity index (χ0n) is 23.8. The first kappa shape index (κ1) is 30.5. The predicted molar refractivity (Wildman–Crippen MR) is 164 cm³/mol. The summed E-state index contributed by atoms with van der Waals surface area (Å²) in [5.41, 5.74) is 5.02. The smallest absolute Gasteiger partial charge is 0.348 e. The molecule has 0 spiro atoms. The van der Waals surface area contributed by atoms with E-state index < -0.39 is 11.9 Å². The maximum atomic E-state index is 13.0. The highest BCUT2D eigenvalue weighted by Crippen LogP contribution is 2.39. The molecule has 3 aromatic heterocycles. The fourth-order valence-electron chi connectivity index (χ4n) is 4.31. The van der Waals surface area contributed by atoms with Crippen molar-refractivity contribution >= 4 is 57.3 Å². The summed E-state index contributed by atoms with van der Waals surface area (Å²) in [6.07, 6.45) is 0. The van der Waals surface area contributed by atoms with E-state index in [1.165, 1.54) is 22.2 Å². The van der Waals surface area contributed by atoms with Gasteiger partial charge in [0.1, 0.15) is 9.88 Å². The number of esters is 2. The van der Waals surface area contributed by atoms with Gasteiger partial charge in [0.2, 0.25) is 5.91 Å². The van der Waals surface area contributed by atoms with Gasteiger partial charge >= 0.3 is 11.9 Å². The van der Waals surface area contributed by atoms with Gasteiger partial charge < -0.3 is 19.4 Å². The predicted octanol–water partition coefficient (Wildman–Crippen LogP) is 6.76. The topological polar surface area (TPSA) is 112 Å². The second-order valence-corrected chi connectivity index (χ2v) is 12.1. The van der Waals surface area contributed by atoms with Crippen LogP contribution in [0, 0.1) is 20.8 Å². The largest absolute Gasteiger partial charge is 0.462 e. The number of anilines is 1. The van der Waals surface area contributed by atoms with E-state index in [4.69, 9.17) is 9.47 Å².